The molecular weight excluding hydrogens is 228 g/mol. The first-order valence-electron chi connectivity index (χ1n) is 5.56. The monoisotopic (exact) mass is 242 g/mol. The zero-order valence-electron chi connectivity index (χ0n) is 9.71. The van der Waals surface area contributed by atoms with Crippen molar-refractivity contribution >= 4 is 11.5 Å². The van der Waals surface area contributed by atoms with Gasteiger partial charge in [-0.05, 0) is 17.7 Å². The van der Waals surface area contributed by atoms with Crippen molar-refractivity contribution in [3.05, 3.63) is 65.7 Å². The Labute approximate surface area is 105 Å². The molecule has 1 unspecified atom stereocenters. The first kappa shape index (κ1) is 12.3. The highest BCUT2D eigenvalue weighted by Crippen LogP contribution is 2.19. The Hall–Kier alpha value is -2.17. The van der Waals surface area contributed by atoms with Crippen LogP contribution < -0.4 is 11.3 Å². The molecule has 0 aliphatic carbocycles. The predicted molar refractivity (Wildman–Crippen MR) is 70.0 cm³/mol. The Kier molecular flexibility index (Phi) is 3.72. The number of hydrazine groups is 1. The number of aliphatic hydroxyl groups is 1. The van der Waals surface area contributed by atoms with Crippen molar-refractivity contribution in [3.63, 3.8) is 0 Å². The molecule has 2 aromatic rings. The van der Waals surface area contributed by atoms with Crippen LogP contribution in [0.5, 0.6) is 0 Å². The Morgan fingerprint density at radius 3 is 2.50 bits per heavy atom. The summed E-state index contributed by atoms with van der Waals surface area (Å²) in [5.74, 6) is 4.93. The number of benzene rings is 2. The molecule has 1 atom stereocenters. The largest absolute Gasteiger partial charge is 0.380 e. The molecule has 4 heteroatoms. The first-order valence-corrected chi connectivity index (χ1v) is 5.56. The number of carbonyl (C=O) groups is 1. The lowest BCUT2D eigenvalue weighted by molar-refractivity contribution is 0.0747. The minimum Gasteiger partial charge on any atom is -0.380 e. The van der Waals surface area contributed by atoms with Crippen LogP contribution in [0.1, 0.15) is 22.0 Å². The van der Waals surface area contributed by atoms with Crippen LogP contribution in [0, 0.1) is 0 Å². The molecule has 0 saturated carbocycles. The summed E-state index contributed by atoms with van der Waals surface area (Å²) in [6.45, 7) is 0. The minimum atomic E-state index is -1.15. The molecule has 0 spiro atoms. The Morgan fingerprint density at radius 2 is 1.83 bits per heavy atom. The summed E-state index contributed by atoms with van der Waals surface area (Å²) in [6.07, 6.45) is -1.15. The first-order chi connectivity index (χ1) is 8.72. The van der Waals surface area contributed by atoms with E-state index in [0.717, 1.165) is 0 Å². The SMILES string of the molecule is NNc1cccc(C(=O)C(O)c2ccccc2)c1. The maximum absolute atomic E-state index is 12.1. The quantitative estimate of drug-likeness (QED) is 0.435. The summed E-state index contributed by atoms with van der Waals surface area (Å²) in [4.78, 5) is 12.1. The highest BCUT2D eigenvalue weighted by molar-refractivity contribution is 6.00. The predicted octanol–water partition coefficient (Wildman–Crippen LogP) is 1.89. The maximum Gasteiger partial charge on any atom is 0.195 e. The standard InChI is InChI=1S/C14H14N2O2/c15-16-12-8-4-7-11(9-12)14(18)13(17)10-5-2-1-3-6-10/h1-9,13,16-17H,15H2. The number of hydrogen-bond donors (Lipinski definition) is 3. The van der Waals surface area contributed by atoms with Gasteiger partial charge in [-0.1, -0.05) is 42.5 Å². The molecule has 18 heavy (non-hydrogen) atoms. The number of carbonyl (C=O) groups excluding carboxylic acids is 1. The van der Waals surface area contributed by atoms with Gasteiger partial charge in [-0.3, -0.25) is 10.6 Å². The lowest BCUT2D eigenvalue weighted by Crippen LogP contribution is -2.13. The van der Waals surface area contributed by atoms with Crippen molar-refractivity contribution in [2.75, 3.05) is 5.43 Å². The van der Waals surface area contributed by atoms with Gasteiger partial charge in [0.2, 0.25) is 0 Å². The van der Waals surface area contributed by atoms with Crippen LogP contribution in [0.3, 0.4) is 0 Å². The van der Waals surface area contributed by atoms with Gasteiger partial charge in [-0.2, -0.15) is 0 Å². The zero-order chi connectivity index (χ0) is 13.0. The van der Waals surface area contributed by atoms with E-state index < -0.39 is 6.10 Å². The van der Waals surface area contributed by atoms with Crippen molar-refractivity contribution in [2.24, 2.45) is 5.84 Å². The molecule has 0 radical (unpaired) electrons. The number of nitrogens with one attached hydrogen (secondary N) is 1. The Bertz CT molecular complexity index is 541. The Morgan fingerprint density at radius 1 is 1.11 bits per heavy atom. The highest BCUT2D eigenvalue weighted by atomic mass is 16.3. The minimum absolute atomic E-state index is 0.349. The van der Waals surface area contributed by atoms with E-state index in [4.69, 9.17) is 5.84 Å². The molecule has 0 saturated heterocycles. The van der Waals surface area contributed by atoms with E-state index in [0.29, 0.717) is 16.8 Å². The molecule has 0 aromatic heterocycles. The number of nitrogens with two attached hydrogens (primary N) is 1. The second kappa shape index (κ2) is 5.44. The summed E-state index contributed by atoms with van der Waals surface area (Å²) < 4.78 is 0. The van der Waals surface area contributed by atoms with Gasteiger partial charge >= 0.3 is 0 Å². The van der Waals surface area contributed by atoms with E-state index >= 15 is 0 Å². The summed E-state index contributed by atoms with van der Waals surface area (Å²) in [6, 6.07) is 15.5. The second-order valence-corrected chi connectivity index (χ2v) is 3.90. The lowest BCUT2D eigenvalue weighted by atomic mass is 10.00. The van der Waals surface area contributed by atoms with Gasteiger partial charge < -0.3 is 10.5 Å². The fraction of sp³-hybridized carbons (Fsp3) is 0.0714. The fourth-order valence-corrected chi connectivity index (χ4v) is 1.71. The number of hydrogen-bond acceptors (Lipinski definition) is 4. The molecule has 2 rings (SSSR count). The maximum atomic E-state index is 12.1. The molecular formula is C14H14N2O2. The van der Waals surface area contributed by atoms with Crippen LogP contribution >= 0.6 is 0 Å². The molecule has 92 valence electrons. The van der Waals surface area contributed by atoms with Gasteiger partial charge in [-0.25, -0.2) is 0 Å². The van der Waals surface area contributed by atoms with Crippen molar-refractivity contribution in [1.82, 2.24) is 0 Å². The fourth-order valence-electron chi connectivity index (χ4n) is 1.71. The normalized spacial score (nSPS) is 11.9. The van der Waals surface area contributed by atoms with Crippen LogP contribution in [0.25, 0.3) is 0 Å². The highest BCUT2D eigenvalue weighted by Gasteiger charge is 2.18. The van der Waals surface area contributed by atoms with Crippen LogP contribution in [-0.4, -0.2) is 10.9 Å². The van der Waals surface area contributed by atoms with E-state index in [-0.39, 0.29) is 5.78 Å². The number of ketones is 1. The van der Waals surface area contributed by atoms with Crippen LogP contribution in [-0.2, 0) is 0 Å². The van der Waals surface area contributed by atoms with Gasteiger partial charge in [0.15, 0.2) is 5.78 Å². The molecule has 0 aliphatic heterocycles. The van der Waals surface area contributed by atoms with E-state index in [1.807, 2.05) is 6.07 Å². The molecule has 0 fully saturated rings. The third-order valence-electron chi connectivity index (χ3n) is 2.68. The van der Waals surface area contributed by atoms with E-state index in [9.17, 15) is 9.90 Å². The second-order valence-electron chi connectivity index (χ2n) is 3.90. The van der Waals surface area contributed by atoms with Crippen LogP contribution in [0.2, 0.25) is 0 Å². The molecule has 4 nitrogen and oxygen atoms in total. The average Bonchev–Trinajstić information content (AvgIpc) is 2.46. The molecule has 0 heterocycles. The van der Waals surface area contributed by atoms with Gasteiger partial charge in [0, 0.05) is 11.3 Å². The van der Waals surface area contributed by atoms with Gasteiger partial charge in [0.05, 0.1) is 0 Å². The van der Waals surface area contributed by atoms with E-state index in [1.165, 1.54) is 0 Å². The number of anilines is 1. The van der Waals surface area contributed by atoms with Gasteiger partial charge in [0.1, 0.15) is 6.10 Å². The number of aliphatic hydroxyl groups excluding tert-OH is 1. The summed E-state index contributed by atoms with van der Waals surface area (Å²) >= 11 is 0. The molecule has 0 bridgehead atoms. The molecule has 0 aliphatic rings. The van der Waals surface area contributed by atoms with Crippen LogP contribution in [0.4, 0.5) is 5.69 Å². The zero-order valence-corrected chi connectivity index (χ0v) is 9.71. The third kappa shape index (κ3) is 2.56. The molecule has 2 aromatic carbocycles. The van der Waals surface area contributed by atoms with Crippen LogP contribution in [0.15, 0.2) is 54.6 Å². The summed E-state index contributed by atoms with van der Waals surface area (Å²) in [5, 5.41) is 10.0. The smallest absolute Gasteiger partial charge is 0.195 e. The number of Topliss-reactive ketones (excluding diaryl/α,β-unsaturated/α-hetero) is 1. The topological polar surface area (TPSA) is 75.3 Å². The van der Waals surface area contributed by atoms with Crippen molar-refractivity contribution in [3.8, 4) is 0 Å². The van der Waals surface area contributed by atoms with Gasteiger partial charge in [0.25, 0.3) is 0 Å². The summed E-state index contributed by atoms with van der Waals surface area (Å²) in [7, 11) is 0. The number of nitrogen functional groups attached to an aromatic ring is 1. The van der Waals surface area contributed by atoms with Crippen molar-refractivity contribution in [1.29, 1.82) is 0 Å². The third-order valence-corrected chi connectivity index (χ3v) is 2.68. The lowest BCUT2D eigenvalue weighted by Gasteiger charge is -2.10. The molecule has 4 N–H and O–H groups in total. The molecule has 0 amide bonds. The summed E-state index contributed by atoms with van der Waals surface area (Å²) in [5.41, 5.74) is 4.09. The Balaban J connectivity index is 2.25. The van der Waals surface area contributed by atoms with Crippen molar-refractivity contribution < 1.29 is 9.90 Å². The number of rotatable bonds is 4. The van der Waals surface area contributed by atoms with Crippen molar-refractivity contribution in [2.45, 2.75) is 6.10 Å². The van der Waals surface area contributed by atoms with E-state index in [1.54, 1.807) is 48.5 Å². The average molecular weight is 242 g/mol. The van der Waals surface area contributed by atoms with E-state index in [2.05, 4.69) is 5.43 Å². The van der Waals surface area contributed by atoms with Gasteiger partial charge in [-0.15, -0.1) is 0 Å².